The van der Waals surface area contributed by atoms with Crippen LogP contribution in [0.5, 0.6) is 0 Å². The fourth-order valence-electron chi connectivity index (χ4n) is 1.96. The lowest BCUT2D eigenvalue weighted by Crippen LogP contribution is -2.55. The van der Waals surface area contributed by atoms with Crippen molar-refractivity contribution in [2.75, 3.05) is 26.7 Å². The van der Waals surface area contributed by atoms with Gasteiger partial charge in [0.05, 0.1) is 5.54 Å². The van der Waals surface area contributed by atoms with E-state index in [-0.39, 0.29) is 5.54 Å². The van der Waals surface area contributed by atoms with Crippen LogP contribution >= 0.6 is 11.3 Å². The Bertz CT molecular complexity index is 270. The highest BCUT2D eigenvalue weighted by Gasteiger charge is 2.31. The number of nitrogens with zero attached hydrogens (tertiary/aromatic N) is 1. The van der Waals surface area contributed by atoms with Crippen molar-refractivity contribution in [2.45, 2.75) is 12.5 Å². The maximum absolute atomic E-state index is 3.60. The molecule has 0 saturated carbocycles. The molecule has 0 bridgehead atoms. The first kappa shape index (κ1) is 9.19. The number of rotatable bonds is 1. The highest BCUT2D eigenvalue weighted by Crippen LogP contribution is 2.27. The van der Waals surface area contributed by atoms with Crippen LogP contribution in [-0.2, 0) is 5.54 Å². The first-order chi connectivity index (χ1) is 6.21. The summed E-state index contributed by atoms with van der Waals surface area (Å²) in [4.78, 5) is 3.83. The van der Waals surface area contributed by atoms with Crippen molar-refractivity contribution in [3.8, 4) is 0 Å². The molecule has 0 spiro atoms. The minimum Gasteiger partial charge on any atom is -0.305 e. The van der Waals surface area contributed by atoms with Gasteiger partial charge in [0.25, 0.3) is 0 Å². The number of likely N-dealkylation sites (N-methyl/N-ethyl adjacent to an activating group) is 1. The standard InChI is InChI=1S/C10H16N2S/c1-10(9-4-3-7-13-9)8-12(2)6-5-11-10/h3-4,7,11H,5-6,8H2,1-2H3. The zero-order valence-electron chi connectivity index (χ0n) is 8.21. The van der Waals surface area contributed by atoms with E-state index in [9.17, 15) is 0 Å². The molecule has 0 aliphatic carbocycles. The Morgan fingerprint density at radius 2 is 2.46 bits per heavy atom. The van der Waals surface area contributed by atoms with Gasteiger partial charge in [-0.15, -0.1) is 11.3 Å². The summed E-state index contributed by atoms with van der Waals surface area (Å²) in [5.41, 5.74) is 0.168. The van der Waals surface area contributed by atoms with Crippen molar-refractivity contribution in [2.24, 2.45) is 0 Å². The van der Waals surface area contributed by atoms with Crippen LogP contribution in [0.3, 0.4) is 0 Å². The maximum Gasteiger partial charge on any atom is 0.0629 e. The SMILES string of the molecule is CN1CCNC(C)(c2cccs2)C1. The van der Waals surface area contributed by atoms with Crippen molar-refractivity contribution in [1.29, 1.82) is 0 Å². The molecule has 0 amide bonds. The Balaban J connectivity index is 2.20. The van der Waals surface area contributed by atoms with Gasteiger partial charge in [-0.05, 0) is 25.4 Å². The first-order valence-corrected chi connectivity index (χ1v) is 5.56. The number of hydrogen-bond donors (Lipinski definition) is 1. The zero-order chi connectivity index (χ0) is 9.31. The predicted octanol–water partition coefficient (Wildman–Crippen LogP) is 1.50. The molecule has 1 saturated heterocycles. The van der Waals surface area contributed by atoms with Crippen molar-refractivity contribution in [1.82, 2.24) is 10.2 Å². The van der Waals surface area contributed by atoms with Crippen LogP contribution in [0.2, 0.25) is 0 Å². The van der Waals surface area contributed by atoms with Gasteiger partial charge in [0.2, 0.25) is 0 Å². The van der Waals surface area contributed by atoms with E-state index in [0.29, 0.717) is 0 Å². The lowest BCUT2D eigenvalue weighted by Gasteiger charge is -2.39. The molecular weight excluding hydrogens is 180 g/mol. The third-order valence-electron chi connectivity index (χ3n) is 2.66. The molecule has 13 heavy (non-hydrogen) atoms. The molecule has 1 fully saturated rings. The van der Waals surface area contributed by atoms with Gasteiger partial charge >= 0.3 is 0 Å². The number of nitrogens with one attached hydrogen (secondary N) is 1. The lowest BCUT2D eigenvalue weighted by atomic mass is 9.97. The largest absolute Gasteiger partial charge is 0.305 e. The average Bonchev–Trinajstić information content (AvgIpc) is 2.55. The van der Waals surface area contributed by atoms with Gasteiger partial charge < -0.3 is 10.2 Å². The Morgan fingerprint density at radius 3 is 3.08 bits per heavy atom. The number of hydrogen-bond acceptors (Lipinski definition) is 3. The summed E-state index contributed by atoms with van der Waals surface area (Å²) in [5.74, 6) is 0. The summed E-state index contributed by atoms with van der Waals surface area (Å²) in [7, 11) is 2.19. The predicted molar refractivity (Wildman–Crippen MR) is 57.2 cm³/mol. The molecule has 1 aromatic rings. The van der Waals surface area contributed by atoms with Crippen LogP contribution in [0.1, 0.15) is 11.8 Å². The molecule has 1 N–H and O–H groups in total. The molecule has 1 aromatic heterocycles. The van der Waals surface area contributed by atoms with Crippen LogP contribution in [0.4, 0.5) is 0 Å². The summed E-state index contributed by atoms with van der Waals surface area (Å²) in [6.07, 6.45) is 0. The normalized spacial score (nSPS) is 30.6. The molecule has 0 aromatic carbocycles. The van der Waals surface area contributed by atoms with E-state index in [1.54, 1.807) is 0 Å². The molecule has 0 radical (unpaired) electrons. The second kappa shape index (κ2) is 3.40. The molecule has 1 unspecified atom stereocenters. The Labute approximate surface area is 83.6 Å². The minimum absolute atomic E-state index is 0.168. The number of piperazine rings is 1. The zero-order valence-corrected chi connectivity index (χ0v) is 9.03. The van der Waals surface area contributed by atoms with Crippen molar-refractivity contribution in [3.63, 3.8) is 0 Å². The van der Waals surface area contributed by atoms with E-state index in [1.165, 1.54) is 4.88 Å². The molecule has 1 aliphatic heterocycles. The second-order valence-corrected chi connectivity index (χ2v) is 4.92. The van der Waals surface area contributed by atoms with Crippen LogP contribution in [0.25, 0.3) is 0 Å². The van der Waals surface area contributed by atoms with Crippen LogP contribution in [0.15, 0.2) is 17.5 Å². The first-order valence-electron chi connectivity index (χ1n) is 4.68. The molecule has 2 heterocycles. The maximum atomic E-state index is 3.60. The molecular formula is C10H16N2S. The van der Waals surface area contributed by atoms with Crippen LogP contribution < -0.4 is 5.32 Å². The third-order valence-corrected chi connectivity index (χ3v) is 3.79. The summed E-state index contributed by atoms with van der Waals surface area (Å²) in [6.45, 7) is 5.63. The quantitative estimate of drug-likeness (QED) is 0.732. The van der Waals surface area contributed by atoms with Crippen molar-refractivity contribution >= 4 is 11.3 Å². The monoisotopic (exact) mass is 196 g/mol. The van der Waals surface area contributed by atoms with E-state index >= 15 is 0 Å². The van der Waals surface area contributed by atoms with Gasteiger partial charge in [-0.1, -0.05) is 6.07 Å². The summed E-state index contributed by atoms with van der Waals surface area (Å²) in [5, 5.41) is 5.75. The molecule has 1 aliphatic rings. The van der Waals surface area contributed by atoms with E-state index in [2.05, 4.69) is 41.7 Å². The van der Waals surface area contributed by atoms with Gasteiger partial charge in [0.1, 0.15) is 0 Å². The van der Waals surface area contributed by atoms with E-state index in [1.807, 2.05) is 11.3 Å². The van der Waals surface area contributed by atoms with E-state index in [0.717, 1.165) is 19.6 Å². The van der Waals surface area contributed by atoms with Gasteiger partial charge in [0.15, 0.2) is 0 Å². The highest BCUT2D eigenvalue weighted by molar-refractivity contribution is 7.10. The van der Waals surface area contributed by atoms with Gasteiger partial charge in [-0.25, -0.2) is 0 Å². The Kier molecular flexibility index (Phi) is 2.41. The average molecular weight is 196 g/mol. The fourth-order valence-corrected chi connectivity index (χ4v) is 2.81. The molecule has 1 atom stereocenters. The van der Waals surface area contributed by atoms with Crippen LogP contribution in [0, 0.1) is 0 Å². The van der Waals surface area contributed by atoms with Crippen LogP contribution in [-0.4, -0.2) is 31.6 Å². The van der Waals surface area contributed by atoms with Gasteiger partial charge in [-0.2, -0.15) is 0 Å². The minimum atomic E-state index is 0.168. The summed E-state index contributed by atoms with van der Waals surface area (Å²) >= 11 is 1.84. The topological polar surface area (TPSA) is 15.3 Å². The van der Waals surface area contributed by atoms with Gasteiger partial charge in [-0.3, -0.25) is 0 Å². The molecule has 2 rings (SSSR count). The molecule has 72 valence electrons. The smallest absolute Gasteiger partial charge is 0.0629 e. The Morgan fingerprint density at radius 1 is 1.62 bits per heavy atom. The van der Waals surface area contributed by atoms with E-state index in [4.69, 9.17) is 0 Å². The fraction of sp³-hybridized carbons (Fsp3) is 0.600. The Hall–Kier alpha value is -0.380. The third kappa shape index (κ3) is 1.77. The molecule has 3 heteroatoms. The lowest BCUT2D eigenvalue weighted by molar-refractivity contribution is 0.174. The van der Waals surface area contributed by atoms with Gasteiger partial charge in [0, 0.05) is 24.5 Å². The van der Waals surface area contributed by atoms with Crippen molar-refractivity contribution < 1.29 is 0 Å². The summed E-state index contributed by atoms with van der Waals surface area (Å²) < 4.78 is 0. The van der Waals surface area contributed by atoms with E-state index < -0.39 is 0 Å². The number of thiophene rings is 1. The summed E-state index contributed by atoms with van der Waals surface area (Å²) in [6, 6.07) is 4.35. The highest BCUT2D eigenvalue weighted by atomic mass is 32.1. The molecule has 2 nitrogen and oxygen atoms in total. The second-order valence-electron chi connectivity index (χ2n) is 3.97. The van der Waals surface area contributed by atoms with Crippen molar-refractivity contribution in [3.05, 3.63) is 22.4 Å².